The van der Waals surface area contributed by atoms with Crippen molar-refractivity contribution in [2.45, 2.75) is 25.8 Å². The molecule has 1 fully saturated rings. The van der Waals surface area contributed by atoms with Crippen molar-refractivity contribution in [1.82, 2.24) is 4.98 Å². The molecule has 1 saturated carbocycles. The van der Waals surface area contributed by atoms with Gasteiger partial charge in [-0.1, -0.05) is 0 Å². The number of aromatic nitrogens is 1. The standard InChI is InChI=1S/C18H17BrF2N2O2/c1-2-25-18(24)13-6-12(13)17-4-3-11(9-23-17)22-8-10-5-14(19)16(21)7-15(10)20/h3-5,7,9,12-13,22H,2,6,8H2,1H3/t12-,13-/m0/s1. The summed E-state index contributed by atoms with van der Waals surface area (Å²) in [6, 6.07) is 5.95. The fourth-order valence-corrected chi connectivity index (χ4v) is 3.05. The third-order valence-corrected chi connectivity index (χ3v) is 4.73. The molecule has 25 heavy (non-hydrogen) atoms. The summed E-state index contributed by atoms with van der Waals surface area (Å²) in [6.07, 6.45) is 2.40. The molecular formula is C18H17BrF2N2O2. The Kier molecular flexibility index (Phi) is 5.32. The summed E-state index contributed by atoms with van der Waals surface area (Å²) >= 11 is 3.05. The number of carbonyl (C=O) groups is 1. The zero-order chi connectivity index (χ0) is 18.0. The van der Waals surface area contributed by atoms with E-state index < -0.39 is 11.6 Å². The van der Waals surface area contributed by atoms with E-state index in [2.05, 4.69) is 26.2 Å². The second kappa shape index (κ2) is 7.47. The SMILES string of the molecule is CCOC(=O)[C@H]1C[C@@H]1c1ccc(NCc2cc(Br)c(F)cc2F)cn1. The molecule has 7 heteroatoms. The molecule has 4 nitrogen and oxygen atoms in total. The smallest absolute Gasteiger partial charge is 0.309 e. The molecule has 0 amide bonds. The predicted molar refractivity (Wildman–Crippen MR) is 93.1 cm³/mol. The van der Waals surface area contributed by atoms with Crippen LogP contribution in [0.3, 0.4) is 0 Å². The van der Waals surface area contributed by atoms with Crippen molar-refractivity contribution in [3.63, 3.8) is 0 Å². The van der Waals surface area contributed by atoms with Crippen molar-refractivity contribution in [3.8, 4) is 0 Å². The lowest BCUT2D eigenvalue weighted by Gasteiger charge is -2.09. The number of hydrogen-bond donors (Lipinski definition) is 1. The third-order valence-electron chi connectivity index (χ3n) is 4.12. The van der Waals surface area contributed by atoms with Crippen LogP contribution in [0.1, 0.15) is 30.5 Å². The van der Waals surface area contributed by atoms with Gasteiger partial charge in [-0.25, -0.2) is 8.78 Å². The molecule has 1 aromatic heterocycles. The van der Waals surface area contributed by atoms with Gasteiger partial charge in [-0.3, -0.25) is 9.78 Å². The molecule has 0 saturated heterocycles. The lowest BCUT2D eigenvalue weighted by Crippen LogP contribution is -2.07. The molecular weight excluding hydrogens is 394 g/mol. The molecule has 0 bridgehead atoms. The predicted octanol–water partition coefficient (Wildman–Crippen LogP) is 4.40. The maximum absolute atomic E-state index is 13.7. The van der Waals surface area contributed by atoms with E-state index in [9.17, 15) is 13.6 Å². The largest absolute Gasteiger partial charge is 0.466 e. The number of rotatable bonds is 6. The van der Waals surface area contributed by atoms with Crippen LogP contribution in [0.5, 0.6) is 0 Å². The first kappa shape index (κ1) is 17.8. The summed E-state index contributed by atoms with van der Waals surface area (Å²) in [7, 11) is 0. The Morgan fingerprint density at radius 1 is 1.36 bits per heavy atom. The van der Waals surface area contributed by atoms with Gasteiger partial charge < -0.3 is 10.1 Å². The van der Waals surface area contributed by atoms with Gasteiger partial charge in [0.1, 0.15) is 11.6 Å². The highest BCUT2D eigenvalue weighted by Gasteiger charge is 2.46. The lowest BCUT2D eigenvalue weighted by molar-refractivity contribution is -0.144. The molecule has 0 aliphatic heterocycles. The van der Waals surface area contributed by atoms with E-state index >= 15 is 0 Å². The number of carbonyl (C=O) groups excluding carboxylic acids is 1. The number of anilines is 1. The molecule has 3 rings (SSSR count). The number of hydrogen-bond acceptors (Lipinski definition) is 4. The molecule has 2 atom stereocenters. The quantitative estimate of drug-likeness (QED) is 0.566. The highest BCUT2D eigenvalue weighted by molar-refractivity contribution is 9.10. The number of benzene rings is 1. The Balaban J connectivity index is 1.59. The average Bonchev–Trinajstić information content (AvgIpc) is 3.38. The number of nitrogens with zero attached hydrogens (tertiary/aromatic N) is 1. The van der Waals surface area contributed by atoms with Gasteiger partial charge in [0.15, 0.2) is 0 Å². The fourth-order valence-electron chi connectivity index (χ4n) is 2.66. The Hall–Kier alpha value is -2.02. The van der Waals surface area contributed by atoms with Crippen LogP contribution >= 0.6 is 15.9 Å². The minimum atomic E-state index is -0.632. The van der Waals surface area contributed by atoms with Gasteiger partial charge in [-0.15, -0.1) is 0 Å². The van der Waals surface area contributed by atoms with Gasteiger partial charge in [0.25, 0.3) is 0 Å². The molecule has 1 N–H and O–H groups in total. The average molecular weight is 411 g/mol. The molecule has 1 heterocycles. The van der Waals surface area contributed by atoms with Crippen LogP contribution in [-0.2, 0) is 16.1 Å². The van der Waals surface area contributed by atoms with Gasteiger partial charge in [-0.05, 0) is 47.5 Å². The van der Waals surface area contributed by atoms with Gasteiger partial charge in [-0.2, -0.15) is 0 Å². The highest BCUT2D eigenvalue weighted by Crippen LogP contribution is 2.47. The molecule has 1 aromatic carbocycles. The van der Waals surface area contributed by atoms with E-state index in [1.165, 1.54) is 6.07 Å². The number of pyridine rings is 1. The molecule has 1 aliphatic rings. The number of ether oxygens (including phenoxy) is 1. The molecule has 1 aliphatic carbocycles. The molecule has 0 unspecified atom stereocenters. The van der Waals surface area contributed by atoms with Crippen molar-refractivity contribution < 1.29 is 18.3 Å². The minimum Gasteiger partial charge on any atom is -0.466 e. The van der Waals surface area contributed by atoms with Crippen LogP contribution in [0.2, 0.25) is 0 Å². The van der Waals surface area contributed by atoms with Crippen LogP contribution in [0.4, 0.5) is 14.5 Å². The van der Waals surface area contributed by atoms with Crippen LogP contribution in [0.15, 0.2) is 34.9 Å². The first-order valence-electron chi connectivity index (χ1n) is 7.99. The Bertz CT molecular complexity index is 783. The fraction of sp³-hybridized carbons (Fsp3) is 0.333. The lowest BCUT2D eigenvalue weighted by atomic mass is 10.2. The van der Waals surface area contributed by atoms with Crippen LogP contribution in [-0.4, -0.2) is 17.6 Å². The number of esters is 1. The zero-order valence-electron chi connectivity index (χ0n) is 13.6. The van der Waals surface area contributed by atoms with Gasteiger partial charge in [0, 0.05) is 29.8 Å². The number of halogens is 3. The second-order valence-corrected chi connectivity index (χ2v) is 6.74. The van der Waals surface area contributed by atoms with Crippen LogP contribution in [0, 0.1) is 17.6 Å². The molecule has 0 radical (unpaired) electrons. The summed E-state index contributed by atoms with van der Waals surface area (Å²) in [5.41, 5.74) is 1.91. The summed E-state index contributed by atoms with van der Waals surface area (Å²) in [5.74, 6) is -1.40. The second-order valence-electron chi connectivity index (χ2n) is 5.88. The van der Waals surface area contributed by atoms with Gasteiger partial charge in [0.2, 0.25) is 0 Å². The van der Waals surface area contributed by atoms with Crippen LogP contribution in [0.25, 0.3) is 0 Å². The number of nitrogens with one attached hydrogen (secondary N) is 1. The maximum Gasteiger partial charge on any atom is 0.309 e. The van der Waals surface area contributed by atoms with E-state index in [0.29, 0.717) is 12.2 Å². The topological polar surface area (TPSA) is 51.2 Å². The van der Waals surface area contributed by atoms with Gasteiger partial charge in [0.05, 0.1) is 28.9 Å². The van der Waals surface area contributed by atoms with E-state index in [1.54, 1.807) is 13.1 Å². The van der Waals surface area contributed by atoms with Crippen molar-refractivity contribution in [1.29, 1.82) is 0 Å². The summed E-state index contributed by atoms with van der Waals surface area (Å²) in [4.78, 5) is 16.0. The van der Waals surface area contributed by atoms with Crippen molar-refractivity contribution in [2.24, 2.45) is 5.92 Å². The Morgan fingerprint density at radius 3 is 2.84 bits per heavy atom. The molecule has 132 valence electrons. The van der Waals surface area contributed by atoms with Crippen molar-refractivity contribution in [2.75, 3.05) is 11.9 Å². The first-order chi connectivity index (χ1) is 12.0. The third kappa shape index (κ3) is 4.15. The highest BCUT2D eigenvalue weighted by atomic mass is 79.9. The van der Waals surface area contributed by atoms with Crippen molar-refractivity contribution in [3.05, 3.63) is 57.8 Å². The molecule has 0 spiro atoms. The maximum atomic E-state index is 13.7. The Morgan fingerprint density at radius 2 is 2.16 bits per heavy atom. The van der Waals surface area contributed by atoms with E-state index in [4.69, 9.17) is 4.74 Å². The van der Waals surface area contributed by atoms with Crippen LogP contribution < -0.4 is 5.32 Å². The zero-order valence-corrected chi connectivity index (χ0v) is 15.1. The van der Waals surface area contributed by atoms with E-state index in [1.807, 2.05) is 12.1 Å². The summed E-state index contributed by atoms with van der Waals surface area (Å²) < 4.78 is 32.2. The Labute approximate surface area is 152 Å². The summed E-state index contributed by atoms with van der Waals surface area (Å²) in [5, 5.41) is 3.05. The van der Waals surface area contributed by atoms with E-state index in [-0.39, 0.29) is 28.8 Å². The minimum absolute atomic E-state index is 0.100. The first-order valence-corrected chi connectivity index (χ1v) is 8.78. The van der Waals surface area contributed by atoms with Gasteiger partial charge >= 0.3 is 5.97 Å². The van der Waals surface area contributed by atoms with E-state index in [0.717, 1.165) is 23.9 Å². The summed E-state index contributed by atoms with van der Waals surface area (Å²) in [6.45, 7) is 2.38. The normalized spacial score (nSPS) is 18.7. The van der Waals surface area contributed by atoms with Crippen molar-refractivity contribution >= 4 is 27.6 Å². The monoisotopic (exact) mass is 410 g/mol. The molecule has 2 aromatic rings.